The van der Waals surface area contributed by atoms with E-state index in [4.69, 9.17) is 0 Å². The van der Waals surface area contributed by atoms with Gasteiger partial charge in [-0.3, -0.25) is 9.59 Å². The summed E-state index contributed by atoms with van der Waals surface area (Å²) in [4.78, 5) is 25.8. The summed E-state index contributed by atoms with van der Waals surface area (Å²) in [5.41, 5.74) is 0.0958. The van der Waals surface area contributed by atoms with Crippen LogP contribution in [0.4, 0.5) is 8.78 Å². The minimum absolute atomic E-state index is 0.00459. The van der Waals surface area contributed by atoms with Gasteiger partial charge in [0.2, 0.25) is 5.91 Å². The smallest absolute Gasteiger partial charge is 0.223 e. The monoisotopic (exact) mass is 310 g/mol. The fourth-order valence-corrected chi connectivity index (χ4v) is 2.63. The number of Topliss-reactive ketones (excluding diaryl/α,β-unsaturated/α-hetero) is 1. The molecule has 1 aliphatic rings. The van der Waals surface area contributed by atoms with E-state index in [-0.39, 0.29) is 30.1 Å². The van der Waals surface area contributed by atoms with Crippen LogP contribution in [0.3, 0.4) is 0 Å². The fraction of sp³-hybridized carbons (Fsp3) is 0.500. The molecule has 1 saturated heterocycles. The van der Waals surface area contributed by atoms with Crippen molar-refractivity contribution in [1.82, 2.24) is 10.2 Å². The molecule has 1 atom stereocenters. The van der Waals surface area contributed by atoms with Crippen molar-refractivity contribution in [2.75, 3.05) is 20.1 Å². The number of rotatable bonds is 5. The summed E-state index contributed by atoms with van der Waals surface area (Å²) in [5.74, 6) is -2.46. The Balaban J connectivity index is 1.87. The van der Waals surface area contributed by atoms with Gasteiger partial charge in [0.1, 0.15) is 0 Å². The van der Waals surface area contributed by atoms with Crippen molar-refractivity contribution in [2.45, 2.75) is 31.7 Å². The highest BCUT2D eigenvalue weighted by atomic mass is 19.2. The number of likely N-dealkylation sites (N-methyl/N-ethyl adjacent to an activating group) is 1. The van der Waals surface area contributed by atoms with E-state index in [2.05, 4.69) is 5.32 Å². The molecule has 6 heteroatoms. The number of carbonyl (C=O) groups excluding carboxylic acids is 2. The molecule has 0 spiro atoms. The SMILES string of the molecule is CNC1CCCN(C(=O)CCC(=O)c2ccc(F)c(F)c2)C1. The highest BCUT2D eigenvalue weighted by Gasteiger charge is 2.23. The first-order valence-electron chi connectivity index (χ1n) is 7.44. The van der Waals surface area contributed by atoms with Gasteiger partial charge in [0.25, 0.3) is 0 Å². The van der Waals surface area contributed by atoms with Crippen molar-refractivity contribution in [3.8, 4) is 0 Å². The lowest BCUT2D eigenvalue weighted by atomic mass is 10.0. The van der Waals surface area contributed by atoms with Crippen molar-refractivity contribution in [2.24, 2.45) is 0 Å². The van der Waals surface area contributed by atoms with Gasteiger partial charge in [-0.1, -0.05) is 0 Å². The first-order chi connectivity index (χ1) is 10.5. The maximum atomic E-state index is 13.1. The van der Waals surface area contributed by atoms with Crippen LogP contribution < -0.4 is 5.32 Å². The number of benzene rings is 1. The molecule has 2 rings (SSSR count). The normalized spacial score (nSPS) is 18.3. The predicted molar refractivity (Wildman–Crippen MR) is 78.6 cm³/mol. The van der Waals surface area contributed by atoms with E-state index in [9.17, 15) is 18.4 Å². The van der Waals surface area contributed by atoms with Crippen molar-refractivity contribution >= 4 is 11.7 Å². The van der Waals surface area contributed by atoms with Crippen molar-refractivity contribution < 1.29 is 18.4 Å². The average molecular weight is 310 g/mol. The fourth-order valence-electron chi connectivity index (χ4n) is 2.63. The number of halogens is 2. The number of hydrogen-bond acceptors (Lipinski definition) is 3. The summed E-state index contributed by atoms with van der Waals surface area (Å²) in [7, 11) is 1.87. The van der Waals surface area contributed by atoms with Gasteiger partial charge in [-0.05, 0) is 38.1 Å². The molecule has 1 unspecified atom stereocenters. The zero-order chi connectivity index (χ0) is 16.1. The molecule has 0 aliphatic carbocycles. The molecule has 1 aliphatic heterocycles. The molecule has 4 nitrogen and oxygen atoms in total. The van der Waals surface area contributed by atoms with Crippen LogP contribution in [0.5, 0.6) is 0 Å². The van der Waals surface area contributed by atoms with E-state index >= 15 is 0 Å². The molecule has 1 heterocycles. The standard InChI is InChI=1S/C16H20F2N2O2/c1-19-12-3-2-8-20(10-12)16(22)7-6-15(21)11-4-5-13(17)14(18)9-11/h4-5,9,12,19H,2-3,6-8,10H2,1H3. The Labute approximate surface area is 128 Å². The van der Waals surface area contributed by atoms with E-state index in [0.717, 1.165) is 25.0 Å². The number of hydrogen-bond donors (Lipinski definition) is 1. The minimum Gasteiger partial charge on any atom is -0.341 e. The number of nitrogens with zero attached hydrogens (tertiary/aromatic N) is 1. The van der Waals surface area contributed by atoms with Crippen molar-refractivity contribution in [3.05, 3.63) is 35.4 Å². The summed E-state index contributed by atoms with van der Waals surface area (Å²) in [5, 5.41) is 3.15. The molecule has 1 fully saturated rings. The molecule has 1 aromatic rings. The second-order valence-electron chi connectivity index (χ2n) is 5.52. The highest BCUT2D eigenvalue weighted by molar-refractivity contribution is 5.97. The van der Waals surface area contributed by atoms with Crippen LogP contribution in [0.15, 0.2) is 18.2 Å². The Hall–Kier alpha value is -1.82. The van der Waals surface area contributed by atoms with E-state index in [1.807, 2.05) is 7.05 Å². The van der Waals surface area contributed by atoms with Crippen molar-refractivity contribution in [1.29, 1.82) is 0 Å². The van der Waals surface area contributed by atoms with Gasteiger partial charge in [-0.2, -0.15) is 0 Å². The molecule has 1 amide bonds. The van der Waals surface area contributed by atoms with Gasteiger partial charge in [0.15, 0.2) is 17.4 Å². The molecule has 120 valence electrons. The van der Waals surface area contributed by atoms with Gasteiger partial charge in [0, 0.05) is 37.5 Å². The Morgan fingerprint density at radius 2 is 2.05 bits per heavy atom. The van der Waals surface area contributed by atoms with Crippen LogP contribution in [-0.2, 0) is 4.79 Å². The number of piperidine rings is 1. The van der Waals surface area contributed by atoms with E-state index < -0.39 is 11.6 Å². The number of ketones is 1. The van der Waals surface area contributed by atoms with Gasteiger partial charge in [0.05, 0.1) is 0 Å². The predicted octanol–water partition coefficient (Wildman–Crippen LogP) is 2.14. The number of amides is 1. The Kier molecular flexibility index (Phi) is 5.60. The van der Waals surface area contributed by atoms with Crippen LogP contribution in [0, 0.1) is 11.6 Å². The molecule has 1 N–H and O–H groups in total. The lowest BCUT2D eigenvalue weighted by Gasteiger charge is -2.32. The number of nitrogens with one attached hydrogen (secondary N) is 1. The third-order valence-corrected chi connectivity index (χ3v) is 3.99. The first kappa shape index (κ1) is 16.5. The van der Waals surface area contributed by atoms with E-state index in [1.54, 1.807) is 4.90 Å². The van der Waals surface area contributed by atoms with Gasteiger partial charge in [-0.25, -0.2) is 8.78 Å². The molecule has 0 bridgehead atoms. The number of likely N-dealkylation sites (tertiary alicyclic amines) is 1. The van der Waals surface area contributed by atoms with Crippen LogP contribution in [0.1, 0.15) is 36.0 Å². The molecule has 0 aromatic heterocycles. The van der Waals surface area contributed by atoms with Gasteiger partial charge < -0.3 is 10.2 Å². The lowest BCUT2D eigenvalue weighted by molar-refractivity contribution is -0.132. The second kappa shape index (κ2) is 7.45. The van der Waals surface area contributed by atoms with Crippen LogP contribution in [0.2, 0.25) is 0 Å². The summed E-state index contributed by atoms with van der Waals surface area (Å²) in [6.45, 7) is 1.35. The van der Waals surface area contributed by atoms with Crippen LogP contribution in [-0.4, -0.2) is 42.8 Å². The number of carbonyl (C=O) groups is 2. The zero-order valence-corrected chi connectivity index (χ0v) is 12.6. The Morgan fingerprint density at radius 3 is 2.73 bits per heavy atom. The Bertz CT molecular complexity index is 563. The van der Waals surface area contributed by atoms with Crippen LogP contribution >= 0.6 is 0 Å². The third kappa shape index (κ3) is 4.10. The molecule has 0 saturated carbocycles. The minimum atomic E-state index is -1.05. The van der Waals surface area contributed by atoms with Crippen LogP contribution in [0.25, 0.3) is 0 Å². The van der Waals surface area contributed by atoms with Gasteiger partial charge >= 0.3 is 0 Å². The molecule has 1 aromatic carbocycles. The molecular formula is C16H20F2N2O2. The van der Waals surface area contributed by atoms with E-state index in [0.29, 0.717) is 19.1 Å². The maximum Gasteiger partial charge on any atom is 0.223 e. The lowest BCUT2D eigenvalue weighted by Crippen LogP contribution is -2.47. The summed E-state index contributed by atoms with van der Waals surface area (Å²) in [6.07, 6.45) is 2.07. The van der Waals surface area contributed by atoms with Crippen molar-refractivity contribution in [3.63, 3.8) is 0 Å². The highest BCUT2D eigenvalue weighted by Crippen LogP contribution is 2.14. The molecule has 22 heavy (non-hydrogen) atoms. The summed E-state index contributed by atoms with van der Waals surface area (Å²) < 4.78 is 25.9. The maximum absolute atomic E-state index is 13.1. The topological polar surface area (TPSA) is 49.4 Å². The largest absolute Gasteiger partial charge is 0.341 e. The molecule has 0 radical (unpaired) electrons. The summed E-state index contributed by atoms with van der Waals surface area (Å²) in [6, 6.07) is 3.33. The Morgan fingerprint density at radius 1 is 1.27 bits per heavy atom. The van der Waals surface area contributed by atoms with E-state index in [1.165, 1.54) is 6.07 Å². The van der Waals surface area contributed by atoms with Gasteiger partial charge in [-0.15, -0.1) is 0 Å². The zero-order valence-electron chi connectivity index (χ0n) is 12.6. The quantitative estimate of drug-likeness (QED) is 0.848. The summed E-state index contributed by atoms with van der Waals surface area (Å²) >= 11 is 0. The average Bonchev–Trinajstić information content (AvgIpc) is 2.54. The molecular weight excluding hydrogens is 290 g/mol. The third-order valence-electron chi connectivity index (χ3n) is 3.99. The first-order valence-corrected chi connectivity index (χ1v) is 7.44. The second-order valence-corrected chi connectivity index (χ2v) is 5.52.